The Morgan fingerprint density at radius 1 is 1.12 bits per heavy atom. The quantitative estimate of drug-likeness (QED) is 0.291. The van der Waals surface area contributed by atoms with Gasteiger partial charge >= 0.3 is 11.6 Å². The van der Waals surface area contributed by atoms with Gasteiger partial charge in [-0.15, -0.1) is 0 Å². The number of amides is 1. The Bertz CT molecular complexity index is 1220. The zero-order valence-electron chi connectivity index (χ0n) is 18.0. The van der Waals surface area contributed by atoms with Crippen molar-refractivity contribution in [3.8, 4) is 5.75 Å². The molecule has 32 heavy (non-hydrogen) atoms. The molecule has 1 aliphatic rings. The number of benzene rings is 2. The van der Waals surface area contributed by atoms with Crippen molar-refractivity contribution in [2.75, 3.05) is 13.1 Å². The van der Waals surface area contributed by atoms with Gasteiger partial charge in [0, 0.05) is 40.6 Å². The molecule has 6 nitrogen and oxygen atoms in total. The lowest BCUT2D eigenvalue weighted by Crippen LogP contribution is -2.41. The van der Waals surface area contributed by atoms with Crippen molar-refractivity contribution in [1.82, 2.24) is 4.90 Å². The zero-order valence-corrected chi connectivity index (χ0v) is 19.6. The summed E-state index contributed by atoms with van der Waals surface area (Å²) in [6.07, 6.45) is 1.77. The summed E-state index contributed by atoms with van der Waals surface area (Å²) in [7, 11) is 0. The van der Waals surface area contributed by atoms with Crippen molar-refractivity contribution >= 4 is 38.8 Å². The number of carbonyl (C=O) groups is 2. The van der Waals surface area contributed by atoms with Crippen molar-refractivity contribution in [3.05, 3.63) is 74.0 Å². The smallest absolute Gasteiger partial charge is 0.336 e. The molecular formula is C25H24BrNO5. The summed E-state index contributed by atoms with van der Waals surface area (Å²) in [5, 5.41) is 0.834. The van der Waals surface area contributed by atoms with Gasteiger partial charge < -0.3 is 14.1 Å². The molecule has 0 bridgehead atoms. The van der Waals surface area contributed by atoms with E-state index in [1.54, 1.807) is 23.1 Å². The zero-order chi connectivity index (χ0) is 22.8. The van der Waals surface area contributed by atoms with E-state index in [1.807, 2.05) is 32.0 Å². The van der Waals surface area contributed by atoms with Gasteiger partial charge in [0.15, 0.2) is 0 Å². The van der Waals surface area contributed by atoms with Crippen LogP contribution >= 0.6 is 15.9 Å². The molecule has 0 aliphatic carbocycles. The van der Waals surface area contributed by atoms with Crippen LogP contribution in [0.5, 0.6) is 5.75 Å². The van der Waals surface area contributed by atoms with E-state index < -0.39 is 5.63 Å². The van der Waals surface area contributed by atoms with Gasteiger partial charge in [-0.1, -0.05) is 22.9 Å². The van der Waals surface area contributed by atoms with E-state index in [4.69, 9.17) is 9.15 Å². The minimum atomic E-state index is -0.431. The molecule has 1 aromatic heterocycles. The molecular weight excluding hydrogens is 474 g/mol. The SMILES string of the molecule is CCc1cc2c(C)cc(=O)oc2cc1OC(=O)C1CCN(C(=O)c2ccc(Br)cc2)CC1. The van der Waals surface area contributed by atoms with E-state index in [-0.39, 0.29) is 17.8 Å². The van der Waals surface area contributed by atoms with E-state index in [2.05, 4.69) is 15.9 Å². The molecule has 3 aromatic rings. The van der Waals surface area contributed by atoms with Gasteiger partial charge in [0.1, 0.15) is 11.3 Å². The van der Waals surface area contributed by atoms with Crippen LogP contribution in [0.3, 0.4) is 0 Å². The minimum absolute atomic E-state index is 0.0301. The van der Waals surface area contributed by atoms with Crippen LogP contribution < -0.4 is 10.4 Å². The Kier molecular flexibility index (Phi) is 6.46. The summed E-state index contributed by atoms with van der Waals surface area (Å²) >= 11 is 3.37. The Hall–Kier alpha value is -2.93. The second-order valence-electron chi connectivity index (χ2n) is 8.05. The highest BCUT2D eigenvalue weighted by molar-refractivity contribution is 9.10. The predicted octanol–water partition coefficient (Wildman–Crippen LogP) is 4.88. The third-order valence-corrected chi connectivity index (χ3v) is 6.46. The summed E-state index contributed by atoms with van der Waals surface area (Å²) in [5.74, 6) is -0.205. The third kappa shape index (κ3) is 4.63. The molecule has 1 fully saturated rings. The van der Waals surface area contributed by atoms with E-state index in [0.717, 1.165) is 21.0 Å². The number of hydrogen-bond donors (Lipinski definition) is 0. The molecule has 0 radical (unpaired) electrons. The normalized spacial score (nSPS) is 14.5. The molecule has 0 atom stereocenters. The molecule has 1 amide bonds. The van der Waals surface area contributed by atoms with Crippen LogP contribution in [0, 0.1) is 12.8 Å². The maximum Gasteiger partial charge on any atom is 0.336 e. The molecule has 1 saturated heterocycles. The number of likely N-dealkylation sites (tertiary alicyclic amines) is 1. The van der Waals surface area contributed by atoms with Crippen molar-refractivity contribution in [2.24, 2.45) is 5.92 Å². The van der Waals surface area contributed by atoms with E-state index in [1.165, 1.54) is 6.07 Å². The standard InChI is InChI=1S/C25H24BrNO5/c1-3-16-13-20-15(2)12-23(28)31-22(20)14-21(16)32-25(30)18-8-10-27(11-9-18)24(29)17-4-6-19(26)7-5-17/h4-7,12-14,18H,3,8-11H2,1-2H3. The molecule has 166 valence electrons. The summed E-state index contributed by atoms with van der Waals surface area (Å²) in [5.41, 5.74) is 2.32. The highest BCUT2D eigenvalue weighted by atomic mass is 79.9. The highest BCUT2D eigenvalue weighted by Gasteiger charge is 2.29. The van der Waals surface area contributed by atoms with Gasteiger partial charge in [0.05, 0.1) is 5.92 Å². The Balaban J connectivity index is 1.45. The fourth-order valence-electron chi connectivity index (χ4n) is 4.05. The highest BCUT2D eigenvalue weighted by Crippen LogP contribution is 2.29. The molecule has 0 unspecified atom stereocenters. The first-order valence-electron chi connectivity index (χ1n) is 10.7. The average molecular weight is 498 g/mol. The topological polar surface area (TPSA) is 76.8 Å². The van der Waals surface area contributed by atoms with Gasteiger partial charge in [-0.25, -0.2) is 4.79 Å². The summed E-state index contributed by atoms with van der Waals surface area (Å²) < 4.78 is 12.0. The molecule has 2 heterocycles. The first kappa shape index (κ1) is 22.3. The molecule has 7 heteroatoms. The first-order valence-corrected chi connectivity index (χ1v) is 11.5. The number of piperidine rings is 1. The van der Waals surface area contributed by atoms with Gasteiger partial charge in [-0.3, -0.25) is 9.59 Å². The van der Waals surface area contributed by atoms with Crippen molar-refractivity contribution in [2.45, 2.75) is 33.1 Å². The lowest BCUT2D eigenvalue weighted by Gasteiger charge is -2.31. The Labute approximate surface area is 194 Å². The van der Waals surface area contributed by atoms with E-state index >= 15 is 0 Å². The second-order valence-corrected chi connectivity index (χ2v) is 8.97. The molecule has 2 aromatic carbocycles. The molecule has 0 saturated carbocycles. The van der Waals surface area contributed by atoms with Gasteiger partial charge in [0.25, 0.3) is 5.91 Å². The minimum Gasteiger partial charge on any atom is -0.426 e. The molecule has 1 aliphatic heterocycles. The fraction of sp³-hybridized carbons (Fsp3) is 0.320. The van der Waals surface area contributed by atoms with Crippen LogP contribution in [0.2, 0.25) is 0 Å². The van der Waals surface area contributed by atoms with E-state index in [0.29, 0.717) is 49.2 Å². The number of esters is 1. The molecule has 0 N–H and O–H groups in total. The maximum atomic E-state index is 12.9. The van der Waals surface area contributed by atoms with Gasteiger partial charge in [-0.05, 0) is 67.6 Å². The van der Waals surface area contributed by atoms with Crippen LogP contribution in [0.25, 0.3) is 11.0 Å². The number of rotatable bonds is 4. The summed E-state index contributed by atoms with van der Waals surface area (Å²) in [4.78, 5) is 39.1. The van der Waals surface area contributed by atoms with Crippen LogP contribution in [0.4, 0.5) is 0 Å². The predicted molar refractivity (Wildman–Crippen MR) is 125 cm³/mol. The summed E-state index contributed by atoms with van der Waals surface area (Å²) in [6.45, 7) is 4.84. The number of ether oxygens (including phenoxy) is 1. The van der Waals surface area contributed by atoms with Gasteiger partial charge in [0.2, 0.25) is 0 Å². The monoisotopic (exact) mass is 497 g/mol. The van der Waals surface area contributed by atoms with Crippen molar-refractivity contribution in [1.29, 1.82) is 0 Å². The van der Waals surface area contributed by atoms with Crippen LogP contribution in [0.15, 0.2) is 56.1 Å². The number of halogens is 1. The second kappa shape index (κ2) is 9.28. The largest absolute Gasteiger partial charge is 0.426 e. The first-order chi connectivity index (χ1) is 15.4. The lowest BCUT2D eigenvalue weighted by molar-refractivity contribution is -0.140. The Morgan fingerprint density at radius 3 is 2.47 bits per heavy atom. The summed E-state index contributed by atoms with van der Waals surface area (Å²) in [6, 6.07) is 12.3. The van der Waals surface area contributed by atoms with Gasteiger partial charge in [-0.2, -0.15) is 0 Å². The maximum absolute atomic E-state index is 12.9. The number of fused-ring (bicyclic) bond motifs is 1. The fourth-order valence-corrected chi connectivity index (χ4v) is 4.31. The molecule has 0 spiro atoms. The van der Waals surface area contributed by atoms with E-state index in [9.17, 15) is 14.4 Å². The van der Waals surface area contributed by atoms with Crippen LogP contribution in [-0.4, -0.2) is 29.9 Å². The average Bonchev–Trinajstić information content (AvgIpc) is 2.78. The van der Waals surface area contributed by atoms with Crippen LogP contribution in [0.1, 0.15) is 41.3 Å². The molecule has 4 rings (SSSR count). The third-order valence-electron chi connectivity index (χ3n) is 5.93. The number of carbonyl (C=O) groups excluding carboxylic acids is 2. The Morgan fingerprint density at radius 2 is 1.81 bits per heavy atom. The van der Waals surface area contributed by atoms with Crippen LogP contribution in [-0.2, 0) is 11.2 Å². The number of aryl methyl sites for hydroxylation is 2. The lowest BCUT2D eigenvalue weighted by atomic mass is 9.96. The number of nitrogens with zero attached hydrogens (tertiary/aromatic N) is 1. The number of hydrogen-bond acceptors (Lipinski definition) is 5. The van der Waals surface area contributed by atoms with Crippen molar-refractivity contribution in [3.63, 3.8) is 0 Å². The van der Waals surface area contributed by atoms with Crippen molar-refractivity contribution < 1.29 is 18.7 Å².